The summed E-state index contributed by atoms with van der Waals surface area (Å²) in [5, 5.41) is 3.09. The fourth-order valence-electron chi connectivity index (χ4n) is 2.92. The Labute approximate surface area is 123 Å². The van der Waals surface area contributed by atoms with E-state index < -0.39 is 5.54 Å². The molecule has 0 aliphatic carbocycles. The molecular formula is C15H31N3O2. The van der Waals surface area contributed by atoms with Gasteiger partial charge in [-0.1, -0.05) is 0 Å². The van der Waals surface area contributed by atoms with E-state index in [1.54, 1.807) is 0 Å². The Kier molecular flexibility index (Phi) is 6.92. The predicted molar refractivity (Wildman–Crippen MR) is 81.9 cm³/mol. The molecule has 0 aromatic carbocycles. The smallest absolute Gasteiger partial charge is 0.325 e. The molecule has 2 unspecified atom stereocenters. The number of esters is 1. The first-order valence-electron chi connectivity index (χ1n) is 7.59. The number of hydrogen-bond acceptors (Lipinski definition) is 5. The van der Waals surface area contributed by atoms with Gasteiger partial charge in [-0.25, -0.2) is 0 Å². The van der Waals surface area contributed by atoms with E-state index in [-0.39, 0.29) is 5.97 Å². The summed E-state index contributed by atoms with van der Waals surface area (Å²) < 4.78 is 4.87. The molecule has 0 amide bonds. The number of nitrogens with one attached hydrogen (secondary N) is 1. The molecule has 1 aliphatic heterocycles. The Bertz CT molecular complexity index is 311. The van der Waals surface area contributed by atoms with Crippen molar-refractivity contribution in [1.82, 2.24) is 15.1 Å². The summed E-state index contributed by atoms with van der Waals surface area (Å²) in [7, 11) is 7.65. The monoisotopic (exact) mass is 285 g/mol. The van der Waals surface area contributed by atoms with E-state index in [2.05, 4.69) is 29.2 Å². The van der Waals surface area contributed by atoms with E-state index in [1.165, 1.54) is 26.5 Å². The number of likely N-dealkylation sites (tertiary alicyclic amines) is 1. The van der Waals surface area contributed by atoms with Crippen LogP contribution >= 0.6 is 0 Å². The first-order valence-corrected chi connectivity index (χ1v) is 7.59. The van der Waals surface area contributed by atoms with Crippen molar-refractivity contribution in [1.29, 1.82) is 0 Å². The predicted octanol–water partition coefficient (Wildman–Crippen LogP) is 0.944. The van der Waals surface area contributed by atoms with E-state index >= 15 is 0 Å². The summed E-state index contributed by atoms with van der Waals surface area (Å²) in [6.07, 6.45) is 4.34. The van der Waals surface area contributed by atoms with Crippen LogP contribution in [-0.4, -0.2) is 75.2 Å². The number of methoxy groups -OCH3 is 1. The molecule has 20 heavy (non-hydrogen) atoms. The zero-order valence-corrected chi connectivity index (χ0v) is 13.7. The number of carbonyl (C=O) groups is 1. The van der Waals surface area contributed by atoms with Gasteiger partial charge in [0.1, 0.15) is 5.54 Å². The molecule has 5 heteroatoms. The van der Waals surface area contributed by atoms with Crippen LogP contribution in [0.1, 0.15) is 32.6 Å². The summed E-state index contributed by atoms with van der Waals surface area (Å²) in [6, 6.07) is 0.646. The molecule has 0 aromatic rings. The summed E-state index contributed by atoms with van der Waals surface area (Å²) in [5.74, 6) is -0.181. The largest absolute Gasteiger partial charge is 0.468 e. The number of rotatable bonds is 7. The number of hydrogen-bond donors (Lipinski definition) is 1. The zero-order chi connectivity index (χ0) is 15.2. The third-order valence-corrected chi connectivity index (χ3v) is 4.60. The summed E-state index contributed by atoms with van der Waals surface area (Å²) in [5.41, 5.74) is -0.570. The second-order valence-corrected chi connectivity index (χ2v) is 6.22. The van der Waals surface area contributed by atoms with Crippen molar-refractivity contribution in [3.8, 4) is 0 Å². The highest BCUT2D eigenvalue weighted by atomic mass is 16.5. The number of piperidine rings is 1. The molecule has 0 aromatic heterocycles. The Hall–Kier alpha value is -0.650. The second-order valence-electron chi connectivity index (χ2n) is 6.22. The SMILES string of the molecule is CNC(C)(CCCN(C)C1CCCN(C)C1)C(=O)OC. The molecule has 0 radical (unpaired) electrons. The fraction of sp³-hybridized carbons (Fsp3) is 0.933. The number of ether oxygens (including phenoxy) is 1. The molecule has 0 bridgehead atoms. The molecule has 0 saturated carbocycles. The van der Waals surface area contributed by atoms with Gasteiger partial charge in [0.2, 0.25) is 0 Å². The van der Waals surface area contributed by atoms with Gasteiger partial charge in [0, 0.05) is 12.6 Å². The topological polar surface area (TPSA) is 44.8 Å². The quantitative estimate of drug-likeness (QED) is 0.706. The van der Waals surface area contributed by atoms with Crippen molar-refractivity contribution < 1.29 is 9.53 Å². The molecule has 118 valence electrons. The molecule has 1 N–H and O–H groups in total. The van der Waals surface area contributed by atoms with Crippen molar-refractivity contribution in [2.24, 2.45) is 0 Å². The van der Waals surface area contributed by atoms with Gasteiger partial charge in [-0.3, -0.25) is 4.79 Å². The average molecular weight is 285 g/mol. The lowest BCUT2D eigenvalue weighted by atomic mass is 9.95. The lowest BCUT2D eigenvalue weighted by Crippen LogP contribution is -2.49. The number of carbonyl (C=O) groups excluding carboxylic acids is 1. The van der Waals surface area contributed by atoms with Crippen molar-refractivity contribution in [2.45, 2.75) is 44.2 Å². The van der Waals surface area contributed by atoms with Crippen molar-refractivity contribution in [3.63, 3.8) is 0 Å². The van der Waals surface area contributed by atoms with Crippen molar-refractivity contribution in [2.75, 3.05) is 47.9 Å². The first-order chi connectivity index (χ1) is 9.42. The Morgan fingerprint density at radius 2 is 2.25 bits per heavy atom. The standard InChI is InChI=1S/C15H31N3O2/c1-15(16-2,14(19)20-5)9-7-11-18(4)13-8-6-10-17(3)12-13/h13,16H,6-12H2,1-5H3. The fourth-order valence-corrected chi connectivity index (χ4v) is 2.92. The normalized spacial score (nSPS) is 23.6. The van der Waals surface area contributed by atoms with Crippen molar-refractivity contribution >= 4 is 5.97 Å². The van der Waals surface area contributed by atoms with Crippen LogP contribution in [0.4, 0.5) is 0 Å². The van der Waals surface area contributed by atoms with E-state index in [0.29, 0.717) is 6.04 Å². The van der Waals surface area contributed by atoms with Crippen LogP contribution in [0.5, 0.6) is 0 Å². The highest BCUT2D eigenvalue weighted by molar-refractivity contribution is 5.80. The maximum atomic E-state index is 11.8. The lowest BCUT2D eigenvalue weighted by molar-refractivity contribution is -0.148. The highest BCUT2D eigenvalue weighted by Crippen LogP contribution is 2.17. The van der Waals surface area contributed by atoms with Gasteiger partial charge in [0.15, 0.2) is 0 Å². The summed E-state index contributed by atoms with van der Waals surface area (Å²) in [4.78, 5) is 16.6. The first kappa shape index (κ1) is 17.4. The van der Waals surface area contributed by atoms with Gasteiger partial charge in [-0.15, -0.1) is 0 Å². The molecule has 1 rings (SSSR count). The summed E-state index contributed by atoms with van der Waals surface area (Å²) in [6.45, 7) is 5.29. The van der Waals surface area contributed by atoms with Gasteiger partial charge >= 0.3 is 5.97 Å². The molecule has 1 saturated heterocycles. The number of likely N-dealkylation sites (N-methyl/N-ethyl adjacent to an activating group) is 3. The molecule has 5 nitrogen and oxygen atoms in total. The molecule has 2 atom stereocenters. The minimum Gasteiger partial charge on any atom is -0.468 e. The van der Waals surface area contributed by atoms with E-state index in [0.717, 1.165) is 25.9 Å². The van der Waals surface area contributed by atoms with Crippen LogP contribution in [0.3, 0.4) is 0 Å². The second kappa shape index (κ2) is 7.96. The van der Waals surface area contributed by atoms with Crippen LogP contribution in [0.15, 0.2) is 0 Å². The molecular weight excluding hydrogens is 254 g/mol. The highest BCUT2D eigenvalue weighted by Gasteiger charge is 2.32. The van der Waals surface area contributed by atoms with Crippen molar-refractivity contribution in [3.05, 3.63) is 0 Å². The third-order valence-electron chi connectivity index (χ3n) is 4.60. The van der Waals surface area contributed by atoms with Gasteiger partial charge in [-0.2, -0.15) is 0 Å². The molecule has 1 aliphatic rings. The zero-order valence-electron chi connectivity index (χ0n) is 13.7. The van der Waals surface area contributed by atoms with Crippen LogP contribution < -0.4 is 5.32 Å². The van der Waals surface area contributed by atoms with E-state index in [1.807, 2.05) is 14.0 Å². The Morgan fingerprint density at radius 3 is 2.80 bits per heavy atom. The van der Waals surface area contributed by atoms with E-state index in [9.17, 15) is 4.79 Å². The van der Waals surface area contributed by atoms with Gasteiger partial charge in [0.25, 0.3) is 0 Å². The molecule has 0 spiro atoms. The van der Waals surface area contributed by atoms with Crippen LogP contribution in [0.25, 0.3) is 0 Å². The third kappa shape index (κ3) is 4.72. The van der Waals surface area contributed by atoms with Gasteiger partial charge < -0.3 is 19.9 Å². The minimum absolute atomic E-state index is 0.181. The number of nitrogens with zero attached hydrogens (tertiary/aromatic N) is 2. The summed E-state index contributed by atoms with van der Waals surface area (Å²) >= 11 is 0. The maximum Gasteiger partial charge on any atom is 0.325 e. The Morgan fingerprint density at radius 1 is 1.55 bits per heavy atom. The van der Waals surface area contributed by atoms with Gasteiger partial charge in [-0.05, 0) is 66.8 Å². The molecule has 1 fully saturated rings. The molecule has 1 heterocycles. The van der Waals surface area contributed by atoms with E-state index in [4.69, 9.17) is 4.74 Å². The average Bonchev–Trinajstić information content (AvgIpc) is 2.45. The Balaban J connectivity index is 2.37. The maximum absolute atomic E-state index is 11.8. The van der Waals surface area contributed by atoms with Crippen LogP contribution in [0.2, 0.25) is 0 Å². The van der Waals surface area contributed by atoms with Gasteiger partial charge in [0.05, 0.1) is 7.11 Å². The van der Waals surface area contributed by atoms with Crippen LogP contribution in [-0.2, 0) is 9.53 Å². The van der Waals surface area contributed by atoms with Crippen LogP contribution in [0, 0.1) is 0 Å². The minimum atomic E-state index is -0.570. The lowest BCUT2D eigenvalue weighted by Gasteiger charge is -2.36.